The third-order valence-corrected chi connectivity index (χ3v) is 4.91. The number of amides is 1. The molecule has 5 nitrogen and oxygen atoms in total. The minimum Gasteiger partial charge on any atom is -0.493 e. The molecule has 0 bridgehead atoms. The average Bonchev–Trinajstić information content (AvgIpc) is 2.64. The molecule has 1 aliphatic carbocycles. The normalized spacial score (nSPS) is 16.5. The molecule has 1 amide bonds. The molecule has 3 N–H and O–H groups in total. The van der Waals surface area contributed by atoms with E-state index in [1.807, 2.05) is 18.2 Å². The van der Waals surface area contributed by atoms with Gasteiger partial charge in [-0.2, -0.15) is 0 Å². The van der Waals surface area contributed by atoms with Gasteiger partial charge in [-0.05, 0) is 42.9 Å². The number of benzene rings is 1. The molecule has 1 unspecified atom stereocenters. The van der Waals surface area contributed by atoms with Gasteiger partial charge >= 0.3 is 0 Å². The van der Waals surface area contributed by atoms with Crippen molar-refractivity contribution in [2.45, 2.75) is 51.0 Å². The number of hydrogen-bond acceptors (Lipinski definition) is 4. The second kappa shape index (κ2) is 9.52. The minimum atomic E-state index is 0.0748. The van der Waals surface area contributed by atoms with Gasteiger partial charge in [0.05, 0.1) is 14.2 Å². The Morgan fingerprint density at radius 1 is 1.21 bits per heavy atom. The Morgan fingerprint density at radius 2 is 1.92 bits per heavy atom. The lowest BCUT2D eigenvalue weighted by Gasteiger charge is -2.30. The number of ether oxygens (including phenoxy) is 2. The van der Waals surface area contributed by atoms with E-state index in [0.717, 1.165) is 5.56 Å². The standard InChI is InChI=1S/C19H30N2O3/c1-23-17-10-8-14(12-18(17)24-2)9-11-19(22)21-16(13-20)15-6-4-3-5-7-15/h8,10,12,15-16H,3-7,9,11,13,20H2,1-2H3,(H,21,22). The predicted octanol–water partition coefficient (Wildman–Crippen LogP) is 2.66. The number of nitrogens with two attached hydrogens (primary N) is 1. The van der Waals surface area contributed by atoms with Gasteiger partial charge in [-0.25, -0.2) is 0 Å². The van der Waals surface area contributed by atoms with E-state index in [1.165, 1.54) is 32.1 Å². The highest BCUT2D eigenvalue weighted by atomic mass is 16.5. The van der Waals surface area contributed by atoms with Gasteiger partial charge in [-0.3, -0.25) is 4.79 Å². The summed E-state index contributed by atoms with van der Waals surface area (Å²) in [5, 5.41) is 3.14. The largest absolute Gasteiger partial charge is 0.493 e. The average molecular weight is 334 g/mol. The van der Waals surface area contributed by atoms with E-state index >= 15 is 0 Å². The van der Waals surface area contributed by atoms with Crippen LogP contribution in [0.3, 0.4) is 0 Å². The molecule has 134 valence electrons. The van der Waals surface area contributed by atoms with Crippen molar-refractivity contribution in [3.63, 3.8) is 0 Å². The third-order valence-electron chi connectivity index (χ3n) is 4.91. The van der Waals surface area contributed by atoms with E-state index in [9.17, 15) is 4.79 Å². The van der Waals surface area contributed by atoms with E-state index in [4.69, 9.17) is 15.2 Å². The summed E-state index contributed by atoms with van der Waals surface area (Å²) in [6.45, 7) is 0.521. The highest BCUT2D eigenvalue weighted by Crippen LogP contribution is 2.28. The lowest BCUT2D eigenvalue weighted by molar-refractivity contribution is -0.122. The monoisotopic (exact) mass is 334 g/mol. The molecule has 0 aliphatic heterocycles. The van der Waals surface area contributed by atoms with Gasteiger partial charge in [-0.15, -0.1) is 0 Å². The van der Waals surface area contributed by atoms with Gasteiger partial charge in [0.2, 0.25) is 5.91 Å². The quantitative estimate of drug-likeness (QED) is 0.766. The first kappa shape index (κ1) is 18.6. The molecule has 0 saturated heterocycles. The van der Waals surface area contributed by atoms with Crippen LogP contribution in [0.25, 0.3) is 0 Å². The Hall–Kier alpha value is -1.75. The second-order valence-electron chi connectivity index (χ2n) is 6.50. The van der Waals surface area contributed by atoms with Crippen LogP contribution in [0.15, 0.2) is 18.2 Å². The Morgan fingerprint density at radius 3 is 2.54 bits per heavy atom. The van der Waals surface area contributed by atoms with Crippen molar-refractivity contribution < 1.29 is 14.3 Å². The van der Waals surface area contributed by atoms with Crippen LogP contribution in [0.1, 0.15) is 44.1 Å². The first-order valence-electron chi connectivity index (χ1n) is 8.88. The zero-order chi connectivity index (χ0) is 17.4. The summed E-state index contributed by atoms with van der Waals surface area (Å²) in [6, 6.07) is 5.88. The maximum Gasteiger partial charge on any atom is 0.220 e. The van der Waals surface area contributed by atoms with E-state index in [2.05, 4.69) is 5.32 Å². The molecule has 24 heavy (non-hydrogen) atoms. The Bertz CT molecular complexity index is 527. The van der Waals surface area contributed by atoms with Crippen molar-refractivity contribution in [3.05, 3.63) is 23.8 Å². The summed E-state index contributed by atoms with van der Waals surface area (Å²) >= 11 is 0. The number of methoxy groups -OCH3 is 2. The summed E-state index contributed by atoms with van der Waals surface area (Å²) < 4.78 is 10.5. The van der Waals surface area contributed by atoms with Crippen LogP contribution < -0.4 is 20.5 Å². The Kier molecular flexibility index (Phi) is 7.37. The highest BCUT2D eigenvalue weighted by molar-refractivity contribution is 5.76. The molecule has 2 rings (SSSR count). The maximum absolute atomic E-state index is 12.3. The minimum absolute atomic E-state index is 0.0748. The molecule has 0 spiro atoms. The van der Waals surface area contributed by atoms with Crippen LogP contribution in [0, 0.1) is 5.92 Å². The van der Waals surface area contributed by atoms with Crippen molar-refractivity contribution in [2.24, 2.45) is 11.7 Å². The molecule has 1 atom stereocenters. The Balaban J connectivity index is 1.85. The van der Waals surface area contributed by atoms with Crippen molar-refractivity contribution in [1.29, 1.82) is 0 Å². The van der Waals surface area contributed by atoms with Crippen LogP contribution in [0.5, 0.6) is 11.5 Å². The lowest BCUT2D eigenvalue weighted by atomic mass is 9.84. The molecule has 0 heterocycles. The van der Waals surface area contributed by atoms with Crippen LogP contribution in [-0.2, 0) is 11.2 Å². The van der Waals surface area contributed by atoms with Crippen LogP contribution in [0.2, 0.25) is 0 Å². The molecular formula is C19H30N2O3. The van der Waals surface area contributed by atoms with Crippen molar-refractivity contribution in [1.82, 2.24) is 5.32 Å². The van der Waals surface area contributed by atoms with Gasteiger partial charge in [0.25, 0.3) is 0 Å². The number of nitrogens with one attached hydrogen (secondary N) is 1. The van der Waals surface area contributed by atoms with E-state index in [-0.39, 0.29) is 11.9 Å². The molecular weight excluding hydrogens is 304 g/mol. The number of carbonyl (C=O) groups is 1. The SMILES string of the molecule is COc1ccc(CCC(=O)NC(CN)C2CCCCC2)cc1OC. The van der Waals surface area contributed by atoms with E-state index < -0.39 is 0 Å². The maximum atomic E-state index is 12.3. The van der Waals surface area contributed by atoms with Gasteiger partial charge < -0.3 is 20.5 Å². The highest BCUT2D eigenvalue weighted by Gasteiger charge is 2.23. The smallest absolute Gasteiger partial charge is 0.220 e. The fourth-order valence-corrected chi connectivity index (χ4v) is 3.48. The molecule has 1 aliphatic rings. The van der Waals surface area contributed by atoms with Crippen LogP contribution in [0.4, 0.5) is 0 Å². The lowest BCUT2D eigenvalue weighted by Crippen LogP contribution is -2.45. The summed E-state index contributed by atoms with van der Waals surface area (Å²) in [5.74, 6) is 2.00. The zero-order valence-corrected chi connectivity index (χ0v) is 14.8. The van der Waals surface area contributed by atoms with Crippen molar-refractivity contribution >= 4 is 5.91 Å². The summed E-state index contributed by atoms with van der Waals surface area (Å²) in [4.78, 5) is 12.3. The second-order valence-corrected chi connectivity index (χ2v) is 6.50. The fourth-order valence-electron chi connectivity index (χ4n) is 3.48. The first-order valence-corrected chi connectivity index (χ1v) is 8.88. The predicted molar refractivity (Wildman–Crippen MR) is 95.4 cm³/mol. The van der Waals surface area contributed by atoms with Gasteiger partial charge in [0.1, 0.15) is 0 Å². The number of hydrogen-bond donors (Lipinski definition) is 2. The topological polar surface area (TPSA) is 73.6 Å². The fraction of sp³-hybridized carbons (Fsp3) is 0.632. The number of aryl methyl sites for hydroxylation is 1. The molecule has 1 aromatic carbocycles. The number of rotatable bonds is 8. The van der Waals surface area contributed by atoms with Crippen molar-refractivity contribution in [2.75, 3.05) is 20.8 Å². The zero-order valence-electron chi connectivity index (χ0n) is 14.8. The summed E-state index contributed by atoms with van der Waals surface area (Å²) in [5.41, 5.74) is 6.94. The molecule has 0 radical (unpaired) electrons. The molecule has 1 saturated carbocycles. The Labute approximate surface area is 144 Å². The van der Waals surface area contributed by atoms with Crippen molar-refractivity contribution in [3.8, 4) is 11.5 Å². The molecule has 1 aromatic rings. The molecule has 1 fully saturated rings. The summed E-state index contributed by atoms with van der Waals surface area (Å²) in [6.07, 6.45) is 7.30. The third kappa shape index (κ3) is 5.13. The number of carbonyl (C=O) groups excluding carboxylic acids is 1. The van der Waals surface area contributed by atoms with Crippen LogP contribution in [-0.4, -0.2) is 32.7 Å². The first-order chi connectivity index (χ1) is 11.7. The summed E-state index contributed by atoms with van der Waals surface area (Å²) in [7, 11) is 3.23. The van der Waals surface area contributed by atoms with Gasteiger partial charge in [-0.1, -0.05) is 25.3 Å². The molecule has 0 aromatic heterocycles. The molecule has 5 heteroatoms. The van der Waals surface area contributed by atoms with Gasteiger partial charge in [0, 0.05) is 19.0 Å². The van der Waals surface area contributed by atoms with Crippen LogP contribution >= 0.6 is 0 Å². The van der Waals surface area contributed by atoms with E-state index in [1.54, 1.807) is 14.2 Å². The van der Waals surface area contributed by atoms with E-state index in [0.29, 0.717) is 36.8 Å². The van der Waals surface area contributed by atoms with Gasteiger partial charge in [0.15, 0.2) is 11.5 Å².